The second-order valence-corrected chi connectivity index (χ2v) is 9.03. The lowest BCUT2D eigenvalue weighted by molar-refractivity contribution is -0.138. The Hall–Kier alpha value is -2.26. The minimum atomic E-state index is -3.64. The van der Waals surface area contributed by atoms with Crippen LogP contribution in [0.5, 0.6) is 0 Å². The van der Waals surface area contributed by atoms with Gasteiger partial charge in [0.2, 0.25) is 27.7 Å². The van der Waals surface area contributed by atoms with Crippen molar-refractivity contribution in [3.8, 4) is 0 Å². The zero-order valence-electron chi connectivity index (χ0n) is 17.4. The average Bonchev–Trinajstić information content (AvgIpc) is 2.98. The van der Waals surface area contributed by atoms with Crippen LogP contribution in [-0.4, -0.2) is 55.0 Å². The lowest BCUT2D eigenvalue weighted by Gasteiger charge is -2.20. The smallest absolute Gasteiger partial charge is 0.243 e. The third-order valence-electron chi connectivity index (χ3n) is 5.20. The Morgan fingerprint density at radius 3 is 2.24 bits per heavy atom. The summed E-state index contributed by atoms with van der Waals surface area (Å²) in [6.07, 6.45) is 0.954. The molecule has 0 aliphatic carbocycles. The quantitative estimate of drug-likeness (QED) is 0.613. The summed E-state index contributed by atoms with van der Waals surface area (Å²) in [5.41, 5.74) is 2.01. The summed E-state index contributed by atoms with van der Waals surface area (Å²) in [7, 11) is -3.64. The Morgan fingerprint density at radius 2 is 1.69 bits per heavy atom. The van der Waals surface area contributed by atoms with Gasteiger partial charge in [-0.3, -0.25) is 19.3 Å². The first kappa shape index (κ1) is 23.0. The van der Waals surface area contributed by atoms with Crippen LogP contribution < -0.4 is 5.32 Å². The summed E-state index contributed by atoms with van der Waals surface area (Å²) in [5.74, 6) is -0.684. The van der Waals surface area contributed by atoms with Crippen molar-refractivity contribution in [2.45, 2.75) is 58.3 Å². The van der Waals surface area contributed by atoms with Gasteiger partial charge in [-0.1, -0.05) is 13.8 Å². The van der Waals surface area contributed by atoms with E-state index < -0.39 is 10.0 Å². The predicted octanol–water partition coefficient (Wildman–Crippen LogP) is 2.20. The normalized spacial score (nSPS) is 14.7. The minimum absolute atomic E-state index is 0.128. The fraction of sp³-hybridized carbons (Fsp3) is 0.550. The number of carbonyl (C=O) groups is 3. The number of amides is 3. The third-order valence-corrected chi connectivity index (χ3v) is 7.23. The van der Waals surface area contributed by atoms with Crippen LogP contribution in [0.1, 0.15) is 50.7 Å². The molecule has 29 heavy (non-hydrogen) atoms. The highest BCUT2D eigenvalue weighted by molar-refractivity contribution is 7.89. The van der Waals surface area contributed by atoms with E-state index in [0.29, 0.717) is 25.2 Å². The fourth-order valence-electron chi connectivity index (χ4n) is 3.30. The molecular weight excluding hydrogens is 394 g/mol. The van der Waals surface area contributed by atoms with Crippen molar-refractivity contribution >= 4 is 33.4 Å². The van der Waals surface area contributed by atoms with Gasteiger partial charge in [-0.25, -0.2) is 8.42 Å². The van der Waals surface area contributed by atoms with Gasteiger partial charge < -0.3 is 5.32 Å². The molecule has 1 saturated heterocycles. The van der Waals surface area contributed by atoms with Crippen LogP contribution in [0.2, 0.25) is 0 Å². The number of carbonyl (C=O) groups excluding carboxylic acids is 3. The molecule has 2 rings (SSSR count). The predicted molar refractivity (Wildman–Crippen MR) is 110 cm³/mol. The van der Waals surface area contributed by atoms with Gasteiger partial charge in [0.05, 0.1) is 4.90 Å². The number of aryl methyl sites for hydroxylation is 1. The Balaban J connectivity index is 2.10. The summed E-state index contributed by atoms with van der Waals surface area (Å²) >= 11 is 0. The SMILES string of the molecule is CCN(CC)S(=O)(=O)c1cc(C)c(C)c(NC(=O)CCCN2C(=O)CCC2=O)c1. The maximum atomic E-state index is 12.8. The topological polar surface area (TPSA) is 104 Å². The van der Waals surface area contributed by atoms with E-state index >= 15 is 0 Å². The zero-order valence-corrected chi connectivity index (χ0v) is 18.3. The fourth-order valence-corrected chi connectivity index (χ4v) is 4.87. The van der Waals surface area contributed by atoms with Crippen molar-refractivity contribution < 1.29 is 22.8 Å². The van der Waals surface area contributed by atoms with Crippen LogP contribution in [0, 0.1) is 13.8 Å². The number of hydrogen-bond donors (Lipinski definition) is 1. The largest absolute Gasteiger partial charge is 0.326 e. The lowest BCUT2D eigenvalue weighted by atomic mass is 10.1. The van der Waals surface area contributed by atoms with Crippen LogP contribution in [0.3, 0.4) is 0 Å². The maximum Gasteiger partial charge on any atom is 0.243 e. The lowest BCUT2D eigenvalue weighted by Crippen LogP contribution is -2.31. The Morgan fingerprint density at radius 1 is 1.10 bits per heavy atom. The third kappa shape index (κ3) is 5.22. The molecule has 0 bridgehead atoms. The van der Waals surface area contributed by atoms with E-state index in [0.717, 1.165) is 11.1 Å². The molecule has 1 aliphatic heterocycles. The molecule has 0 saturated carbocycles. The van der Waals surface area contributed by atoms with Crippen LogP contribution in [0.4, 0.5) is 5.69 Å². The molecule has 1 N–H and O–H groups in total. The van der Waals surface area contributed by atoms with Gasteiger partial charge in [-0.05, 0) is 43.5 Å². The average molecular weight is 424 g/mol. The number of anilines is 1. The highest BCUT2D eigenvalue weighted by Crippen LogP contribution is 2.26. The van der Waals surface area contributed by atoms with Gasteiger partial charge in [0, 0.05) is 44.6 Å². The van der Waals surface area contributed by atoms with E-state index in [-0.39, 0.29) is 48.4 Å². The molecule has 0 aromatic heterocycles. The van der Waals surface area contributed by atoms with Crippen molar-refractivity contribution in [2.75, 3.05) is 25.0 Å². The standard InChI is InChI=1S/C20H29N3O5S/c1-5-22(6-2)29(27,28)16-12-14(3)15(4)17(13-16)21-18(24)8-7-11-23-19(25)9-10-20(23)26/h12-13H,5-11H2,1-4H3,(H,21,24). The molecule has 1 heterocycles. The van der Waals surface area contributed by atoms with Crippen LogP contribution in [-0.2, 0) is 24.4 Å². The van der Waals surface area contributed by atoms with Gasteiger partial charge in [-0.2, -0.15) is 4.31 Å². The van der Waals surface area contributed by atoms with E-state index in [1.807, 2.05) is 6.92 Å². The number of imide groups is 1. The molecule has 1 aromatic rings. The van der Waals surface area contributed by atoms with Crippen molar-refractivity contribution in [2.24, 2.45) is 0 Å². The Labute approximate surface area is 172 Å². The van der Waals surface area contributed by atoms with Crippen molar-refractivity contribution in [1.29, 1.82) is 0 Å². The molecule has 0 atom stereocenters. The number of benzene rings is 1. The molecule has 0 spiro atoms. The number of nitrogens with zero attached hydrogens (tertiary/aromatic N) is 2. The number of likely N-dealkylation sites (tertiary alicyclic amines) is 1. The first-order valence-electron chi connectivity index (χ1n) is 9.86. The van der Waals surface area contributed by atoms with E-state index in [2.05, 4.69) is 5.32 Å². The molecule has 0 unspecified atom stereocenters. The number of rotatable bonds is 9. The molecule has 8 nitrogen and oxygen atoms in total. The highest BCUT2D eigenvalue weighted by atomic mass is 32.2. The molecular formula is C20H29N3O5S. The number of hydrogen-bond acceptors (Lipinski definition) is 5. The monoisotopic (exact) mass is 423 g/mol. The minimum Gasteiger partial charge on any atom is -0.326 e. The maximum absolute atomic E-state index is 12.8. The van der Waals surface area contributed by atoms with Crippen LogP contribution in [0.25, 0.3) is 0 Å². The summed E-state index contributed by atoms with van der Waals surface area (Å²) in [5, 5.41) is 2.78. The van der Waals surface area contributed by atoms with Gasteiger partial charge in [0.15, 0.2) is 0 Å². The number of sulfonamides is 1. The zero-order chi connectivity index (χ0) is 21.8. The summed E-state index contributed by atoms with van der Waals surface area (Å²) in [6.45, 7) is 8.13. The van der Waals surface area contributed by atoms with Crippen molar-refractivity contribution in [3.05, 3.63) is 23.3 Å². The molecule has 0 radical (unpaired) electrons. The summed E-state index contributed by atoms with van der Waals surface area (Å²) < 4.78 is 27.0. The van der Waals surface area contributed by atoms with E-state index in [1.165, 1.54) is 15.3 Å². The van der Waals surface area contributed by atoms with Gasteiger partial charge in [-0.15, -0.1) is 0 Å². The summed E-state index contributed by atoms with van der Waals surface area (Å²) in [6, 6.07) is 3.10. The van der Waals surface area contributed by atoms with Crippen LogP contribution in [0.15, 0.2) is 17.0 Å². The Bertz CT molecular complexity index is 891. The van der Waals surface area contributed by atoms with Crippen molar-refractivity contribution in [3.63, 3.8) is 0 Å². The first-order chi connectivity index (χ1) is 13.6. The molecule has 160 valence electrons. The van der Waals surface area contributed by atoms with Gasteiger partial charge in [0.25, 0.3) is 0 Å². The second-order valence-electron chi connectivity index (χ2n) is 7.09. The van der Waals surface area contributed by atoms with E-state index in [4.69, 9.17) is 0 Å². The van der Waals surface area contributed by atoms with Crippen molar-refractivity contribution in [1.82, 2.24) is 9.21 Å². The molecule has 1 aliphatic rings. The Kier molecular flexibility index (Phi) is 7.54. The van der Waals surface area contributed by atoms with Gasteiger partial charge in [0.1, 0.15) is 0 Å². The molecule has 3 amide bonds. The highest BCUT2D eigenvalue weighted by Gasteiger charge is 2.28. The molecule has 1 aromatic carbocycles. The number of nitrogens with one attached hydrogen (secondary N) is 1. The molecule has 1 fully saturated rings. The first-order valence-corrected chi connectivity index (χ1v) is 11.3. The summed E-state index contributed by atoms with van der Waals surface area (Å²) in [4.78, 5) is 36.9. The van der Waals surface area contributed by atoms with E-state index in [9.17, 15) is 22.8 Å². The second kappa shape index (κ2) is 9.49. The van der Waals surface area contributed by atoms with Crippen LogP contribution >= 0.6 is 0 Å². The van der Waals surface area contributed by atoms with E-state index in [1.54, 1.807) is 26.8 Å². The molecule has 9 heteroatoms. The van der Waals surface area contributed by atoms with Gasteiger partial charge >= 0.3 is 0 Å².